The van der Waals surface area contributed by atoms with Crippen LogP contribution >= 0.6 is 0 Å². The Hall–Kier alpha value is -5.22. The Balaban J connectivity index is 1.51. The maximum Gasteiger partial charge on any atom is 0.148 e. The summed E-state index contributed by atoms with van der Waals surface area (Å²) in [6.07, 6.45) is 1.93. The third kappa shape index (κ3) is 4.35. The zero-order valence-corrected chi connectivity index (χ0v) is 27.3. The number of benzene rings is 4. The molecule has 0 aliphatic carbocycles. The van der Waals surface area contributed by atoms with Crippen molar-refractivity contribution in [1.82, 2.24) is 19.1 Å². The maximum atomic E-state index is 5.64. The fourth-order valence-corrected chi connectivity index (χ4v) is 7.09. The summed E-state index contributed by atoms with van der Waals surface area (Å²) in [5, 5.41) is 4.88. The van der Waals surface area contributed by atoms with E-state index >= 15 is 0 Å². The van der Waals surface area contributed by atoms with Gasteiger partial charge in [-0.1, -0.05) is 108 Å². The van der Waals surface area contributed by atoms with Gasteiger partial charge in [-0.3, -0.25) is 14.1 Å². The van der Waals surface area contributed by atoms with Gasteiger partial charge in [0.05, 0.1) is 16.7 Å². The van der Waals surface area contributed by atoms with Crippen LogP contribution in [0.3, 0.4) is 0 Å². The Bertz CT molecular complexity index is 2430. The third-order valence-corrected chi connectivity index (χ3v) is 9.20. The molecular weight excluding hydrogens is 560 g/mol. The normalized spacial score (nSPS) is 12.6. The van der Waals surface area contributed by atoms with Crippen LogP contribution in [0, 0.1) is 0 Å². The molecule has 0 N–H and O–H groups in total. The van der Waals surface area contributed by atoms with E-state index in [9.17, 15) is 0 Å². The average Bonchev–Trinajstić information content (AvgIpc) is 3.56. The van der Waals surface area contributed by atoms with Gasteiger partial charge >= 0.3 is 0 Å². The van der Waals surface area contributed by atoms with Gasteiger partial charge in [-0.25, -0.2) is 4.98 Å². The van der Waals surface area contributed by atoms with Crippen molar-refractivity contribution >= 4 is 43.9 Å². The smallest absolute Gasteiger partial charge is 0.148 e. The molecule has 4 heteroatoms. The number of rotatable bonds is 3. The Morgan fingerprint density at radius 1 is 0.522 bits per heavy atom. The molecule has 0 saturated heterocycles. The molecule has 4 heterocycles. The quantitative estimate of drug-likeness (QED) is 0.203. The van der Waals surface area contributed by atoms with Gasteiger partial charge in [0.15, 0.2) is 0 Å². The van der Waals surface area contributed by atoms with Crippen molar-refractivity contribution < 1.29 is 0 Å². The zero-order valence-electron chi connectivity index (χ0n) is 27.3. The summed E-state index contributed by atoms with van der Waals surface area (Å²) >= 11 is 0. The fraction of sp³-hybridized carbons (Fsp3) is 0.190. The van der Waals surface area contributed by atoms with Crippen LogP contribution in [-0.2, 0) is 10.8 Å². The number of pyridine rings is 2. The lowest BCUT2D eigenvalue weighted by Crippen LogP contribution is -2.13. The van der Waals surface area contributed by atoms with E-state index in [-0.39, 0.29) is 10.8 Å². The van der Waals surface area contributed by atoms with Crippen LogP contribution in [0.15, 0.2) is 121 Å². The Morgan fingerprint density at radius 3 is 1.70 bits per heavy atom. The zero-order chi connectivity index (χ0) is 31.8. The van der Waals surface area contributed by atoms with E-state index in [2.05, 4.69) is 166 Å². The first-order valence-electron chi connectivity index (χ1n) is 16.1. The maximum absolute atomic E-state index is 5.64. The molecule has 46 heavy (non-hydrogen) atoms. The van der Waals surface area contributed by atoms with Crippen molar-refractivity contribution in [3.8, 4) is 22.6 Å². The molecule has 8 rings (SSSR count). The van der Waals surface area contributed by atoms with Crippen LogP contribution in [0.1, 0.15) is 52.7 Å². The van der Waals surface area contributed by atoms with E-state index in [1.165, 1.54) is 32.7 Å². The van der Waals surface area contributed by atoms with E-state index < -0.39 is 0 Å². The lowest BCUT2D eigenvalue weighted by Gasteiger charge is -2.22. The molecule has 0 atom stereocenters. The summed E-state index contributed by atoms with van der Waals surface area (Å²) in [5.74, 6) is 0. The largest absolute Gasteiger partial charge is 0.294 e. The average molecular weight is 599 g/mol. The lowest BCUT2D eigenvalue weighted by molar-refractivity contribution is 0.589. The minimum Gasteiger partial charge on any atom is -0.294 e. The van der Waals surface area contributed by atoms with Crippen LogP contribution in [-0.4, -0.2) is 19.1 Å². The van der Waals surface area contributed by atoms with Gasteiger partial charge in [-0.05, 0) is 70.5 Å². The van der Waals surface area contributed by atoms with Crippen molar-refractivity contribution in [2.45, 2.75) is 52.4 Å². The highest BCUT2D eigenvalue weighted by Gasteiger charge is 2.29. The monoisotopic (exact) mass is 598 g/mol. The Morgan fingerprint density at radius 2 is 1.09 bits per heavy atom. The van der Waals surface area contributed by atoms with E-state index in [1.54, 1.807) is 0 Å². The molecule has 0 amide bonds. The Kier molecular flexibility index (Phi) is 6.24. The minimum atomic E-state index is -0.154. The second-order valence-corrected chi connectivity index (χ2v) is 14.4. The molecule has 4 nitrogen and oxygen atoms in total. The number of fused-ring (bicyclic) bond motifs is 6. The van der Waals surface area contributed by atoms with Gasteiger partial charge in [0.1, 0.15) is 11.3 Å². The molecule has 0 unspecified atom stereocenters. The number of hydrogen-bond acceptors (Lipinski definition) is 2. The van der Waals surface area contributed by atoms with Gasteiger partial charge in [-0.15, -0.1) is 0 Å². The van der Waals surface area contributed by atoms with Crippen molar-refractivity contribution in [2.75, 3.05) is 0 Å². The highest BCUT2D eigenvalue weighted by Crippen LogP contribution is 2.45. The van der Waals surface area contributed by atoms with E-state index in [0.717, 1.165) is 45.0 Å². The number of para-hydroxylation sites is 3. The second-order valence-electron chi connectivity index (χ2n) is 14.4. The molecular formula is C42H38N4. The Labute approximate surface area is 270 Å². The molecule has 0 saturated carbocycles. The molecule has 0 bridgehead atoms. The van der Waals surface area contributed by atoms with Crippen LogP contribution in [0.4, 0.5) is 0 Å². The highest BCUT2D eigenvalue weighted by molar-refractivity contribution is 6.20. The lowest BCUT2D eigenvalue weighted by atomic mass is 9.82. The summed E-state index contributed by atoms with van der Waals surface area (Å²) in [6, 6.07) is 41.2. The number of aromatic nitrogens is 4. The van der Waals surface area contributed by atoms with Gasteiger partial charge in [0.25, 0.3) is 0 Å². The summed E-state index contributed by atoms with van der Waals surface area (Å²) in [6.45, 7) is 13.7. The minimum absolute atomic E-state index is 0.0397. The first-order valence-corrected chi connectivity index (χ1v) is 16.1. The number of nitrogens with zero attached hydrogens (tertiary/aromatic N) is 4. The molecule has 0 fully saturated rings. The summed E-state index contributed by atoms with van der Waals surface area (Å²) in [5.41, 5.74) is 11.0. The highest BCUT2D eigenvalue weighted by atomic mass is 15.1. The van der Waals surface area contributed by atoms with Crippen molar-refractivity contribution in [2.24, 2.45) is 0 Å². The molecule has 226 valence electrons. The van der Waals surface area contributed by atoms with Gasteiger partial charge in [0, 0.05) is 44.7 Å². The summed E-state index contributed by atoms with van der Waals surface area (Å²) in [7, 11) is 0. The molecule has 0 radical (unpaired) electrons. The van der Waals surface area contributed by atoms with Crippen LogP contribution in [0.25, 0.3) is 66.5 Å². The van der Waals surface area contributed by atoms with Gasteiger partial charge < -0.3 is 0 Å². The summed E-state index contributed by atoms with van der Waals surface area (Å²) < 4.78 is 4.68. The van der Waals surface area contributed by atoms with Crippen LogP contribution in [0.2, 0.25) is 0 Å². The first kappa shape index (κ1) is 28.3. The summed E-state index contributed by atoms with van der Waals surface area (Å²) in [4.78, 5) is 10.4. The van der Waals surface area contributed by atoms with E-state index in [1.807, 2.05) is 6.20 Å². The van der Waals surface area contributed by atoms with Crippen molar-refractivity contribution in [3.05, 3.63) is 133 Å². The first-order chi connectivity index (χ1) is 22.1. The molecule has 4 aromatic heterocycles. The van der Waals surface area contributed by atoms with Crippen molar-refractivity contribution in [3.63, 3.8) is 0 Å². The van der Waals surface area contributed by atoms with Gasteiger partial charge in [-0.2, -0.15) is 0 Å². The van der Waals surface area contributed by atoms with Gasteiger partial charge in [0.2, 0.25) is 0 Å². The molecule has 0 spiro atoms. The predicted octanol–water partition coefficient (Wildman–Crippen LogP) is 10.9. The molecule has 0 aliphatic rings. The second kappa shape index (κ2) is 10.1. The topological polar surface area (TPSA) is 35.6 Å². The van der Waals surface area contributed by atoms with E-state index in [4.69, 9.17) is 9.97 Å². The van der Waals surface area contributed by atoms with E-state index in [0.29, 0.717) is 0 Å². The third-order valence-electron chi connectivity index (χ3n) is 9.20. The SMILES string of the molecule is CC(C)(C)c1ccnc(-c2cccc(-n3c4ccccc4c4c(C(C)(C)C)c5c6ccccc6n(-c6ccccc6)c5nc43)c2)c1. The predicted molar refractivity (Wildman–Crippen MR) is 194 cm³/mol. The van der Waals surface area contributed by atoms with Crippen molar-refractivity contribution in [1.29, 1.82) is 0 Å². The molecule has 4 aromatic carbocycles. The molecule has 0 aliphatic heterocycles. The van der Waals surface area contributed by atoms with Crippen LogP contribution in [0.5, 0.6) is 0 Å². The molecule has 8 aromatic rings. The van der Waals surface area contributed by atoms with Crippen LogP contribution < -0.4 is 0 Å². The standard InChI is InChI=1S/C42H38N4/c1-41(2,3)28-23-24-43-33(26-28)27-15-14-18-30(25-27)46-35-22-13-11-20-32(35)37-38(42(4,5)6)36-31-19-10-12-21-34(31)45(39(36)44-40(37)46)29-16-8-7-9-17-29/h7-26H,1-6H3. The fourth-order valence-electron chi connectivity index (χ4n) is 7.09. The number of hydrogen-bond donors (Lipinski definition) is 0.